The first-order valence-corrected chi connectivity index (χ1v) is 9.80. The Labute approximate surface area is 170 Å². The van der Waals surface area contributed by atoms with Crippen LogP contribution >= 0.6 is 0 Å². The Bertz CT molecular complexity index is 998. The molecule has 3 radical (unpaired) electrons. The molecule has 4 rings (SSSR count). The third kappa shape index (κ3) is 4.30. The van der Waals surface area contributed by atoms with Crippen molar-refractivity contribution in [1.29, 1.82) is 0 Å². The first-order chi connectivity index (χ1) is 13.8. The fraction of sp³-hybridized carbons (Fsp3) is 0. The highest BCUT2D eigenvalue weighted by Gasteiger charge is 2.11. The van der Waals surface area contributed by atoms with Gasteiger partial charge in [0.2, 0.25) is 0 Å². The maximum absolute atomic E-state index is 3.52. The fourth-order valence-electron chi connectivity index (χ4n) is 3.12. The van der Waals surface area contributed by atoms with Gasteiger partial charge >= 0.3 is 0 Å². The Balaban J connectivity index is 1.62. The third-order valence-corrected chi connectivity index (χ3v) is 4.89. The molecule has 0 aromatic heterocycles. The van der Waals surface area contributed by atoms with Gasteiger partial charge in [-0.3, -0.25) is 0 Å². The van der Waals surface area contributed by atoms with Crippen molar-refractivity contribution in [2.24, 2.45) is 0 Å². The molecule has 28 heavy (non-hydrogen) atoms. The van der Waals surface area contributed by atoms with E-state index in [0.717, 1.165) is 22.2 Å². The average Bonchev–Trinajstić information content (AvgIpc) is 2.76. The molecular weight excluding hydrogens is 354 g/mol. The second-order valence-electron chi connectivity index (χ2n) is 6.55. The van der Waals surface area contributed by atoms with E-state index in [1.54, 1.807) is 0 Å². The van der Waals surface area contributed by atoms with E-state index < -0.39 is 0 Å². The number of benzene rings is 4. The minimum Gasteiger partial charge on any atom is -0.311 e. The van der Waals surface area contributed by atoms with Crippen LogP contribution in [-0.2, 0) is 0 Å². The number of nitrogens with zero attached hydrogens (tertiary/aromatic N) is 1. The van der Waals surface area contributed by atoms with Crippen LogP contribution in [0.15, 0.2) is 109 Å². The molecule has 0 amide bonds. The summed E-state index contributed by atoms with van der Waals surface area (Å²) >= 11 is 0. The smallest absolute Gasteiger partial charge is 0.0711 e. The van der Waals surface area contributed by atoms with E-state index in [0.29, 0.717) is 0 Å². The number of hydrogen-bond acceptors (Lipinski definition) is 1. The molecule has 0 aliphatic carbocycles. The Kier molecular flexibility index (Phi) is 5.50. The van der Waals surface area contributed by atoms with E-state index in [2.05, 4.69) is 124 Å². The van der Waals surface area contributed by atoms with Crippen LogP contribution in [0.2, 0.25) is 0 Å². The lowest BCUT2D eigenvalue weighted by molar-refractivity contribution is 1.28. The summed E-state index contributed by atoms with van der Waals surface area (Å²) in [5, 5.41) is 1.09. The van der Waals surface area contributed by atoms with Crippen LogP contribution in [0.25, 0.3) is 12.2 Å². The van der Waals surface area contributed by atoms with Crippen molar-refractivity contribution in [2.75, 3.05) is 4.90 Å². The van der Waals surface area contributed by atoms with E-state index >= 15 is 0 Å². The SMILES string of the molecule is [Si]c1ccc(/C=C/c2ccc(N(c3ccccc3)c3ccccc3)cc2)cc1. The van der Waals surface area contributed by atoms with Crippen molar-refractivity contribution in [3.05, 3.63) is 120 Å². The highest BCUT2D eigenvalue weighted by molar-refractivity contribution is 6.32. The highest BCUT2D eigenvalue weighted by atomic mass is 28.1. The number of hydrogen-bond donors (Lipinski definition) is 0. The van der Waals surface area contributed by atoms with Crippen LogP contribution in [0.1, 0.15) is 11.1 Å². The van der Waals surface area contributed by atoms with E-state index in [-0.39, 0.29) is 0 Å². The fourth-order valence-corrected chi connectivity index (χ4v) is 3.29. The Morgan fingerprint density at radius 1 is 0.464 bits per heavy atom. The minimum atomic E-state index is 1.09. The molecule has 0 unspecified atom stereocenters. The van der Waals surface area contributed by atoms with Gasteiger partial charge in [0.1, 0.15) is 0 Å². The lowest BCUT2D eigenvalue weighted by Gasteiger charge is -2.25. The molecule has 0 aliphatic heterocycles. The van der Waals surface area contributed by atoms with E-state index in [1.165, 1.54) is 11.1 Å². The molecule has 0 spiro atoms. The van der Waals surface area contributed by atoms with Crippen molar-refractivity contribution in [3.63, 3.8) is 0 Å². The van der Waals surface area contributed by atoms with Gasteiger partial charge < -0.3 is 4.90 Å². The maximum atomic E-state index is 3.52. The largest absolute Gasteiger partial charge is 0.311 e. The Morgan fingerprint density at radius 3 is 1.32 bits per heavy atom. The predicted octanol–water partition coefficient (Wildman–Crippen LogP) is 6.12. The van der Waals surface area contributed by atoms with Crippen LogP contribution in [0.3, 0.4) is 0 Å². The Morgan fingerprint density at radius 2 is 0.857 bits per heavy atom. The van der Waals surface area contributed by atoms with Crippen molar-refractivity contribution < 1.29 is 0 Å². The van der Waals surface area contributed by atoms with Gasteiger partial charge in [-0.25, -0.2) is 0 Å². The van der Waals surface area contributed by atoms with Crippen LogP contribution in [-0.4, -0.2) is 10.2 Å². The van der Waals surface area contributed by atoms with Gasteiger partial charge in [0.25, 0.3) is 0 Å². The highest BCUT2D eigenvalue weighted by Crippen LogP contribution is 2.34. The van der Waals surface area contributed by atoms with Crippen molar-refractivity contribution in [3.8, 4) is 0 Å². The zero-order chi connectivity index (χ0) is 19.2. The number of anilines is 3. The summed E-state index contributed by atoms with van der Waals surface area (Å²) in [5.74, 6) is 0. The van der Waals surface area contributed by atoms with Gasteiger partial charge in [0, 0.05) is 17.1 Å². The van der Waals surface area contributed by atoms with Crippen molar-refractivity contribution in [2.45, 2.75) is 0 Å². The van der Waals surface area contributed by atoms with Crippen LogP contribution in [0.5, 0.6) is 0 Å². The van der Waals surface area contributed by atoms with Crippen LogP contribution in [0.4, 0.5) is 17.1 Å². The number of rotatable bonds is 5. The molecule has 0 saturated carbocycles. The van der Waals surface area contributed by atoms with Gasteiger partial charge in [0.05, 0.1) is 10.2 Å². The molecule has 4 aromatic carbocycles. The normalized spacial score (nSPS) is 10.9. The summed E-state index contributed by atoms with van der Waals surface area (Å²) < 4.78 is 0. The molecule has 0 fully saturated rings. The van der Waals surface area contributed by atoms with Gasteiger partial charge in [-0.15, -0.1) is 0 Å². The molecule has 0 heterocycles. The van der Waals surface area contributed by atoms with E-state index in [1.807, 2.05) is 12.1 Å². The molecule has 1 nitrogen and oxygen atoms in total. The maximum Gasteiger partial charge on any atom is 0.0711 e. The predicted molar refractivity (Wildman–Crippen MR) is 122 cm³/mol. The standard InChI is InChI=1S/C26H20NSi/c28-26-19-15-22(16-20-26)12-11-21-13-17-25(18-14-21)27(23-7-3-1-4-8-23)24-9-5-2-6-10-24/h1-20H/b12-11+. The quantitative estimate of drug-likeness (QED) is 0.300. The van der Waals surface area contributed by atoms with Crippen molar-refractivity contribution in [1.82, 2.24) is 0 Å². The Hall–Kier alpha value is -3.36. The van der Waals surface area contributed by atoms with Gasteiger partial charge in [-0.05, 0) is 47.5 Å². The summed E-state index contributed by atoms with van der Waals surface area (Å²) in [7, 11) is 3.52. The number of para-hydroxylation sites is 2. The molecule has 0 N–H and O–H groups in total. The molecule has 133 valence electrons. The molecule has 0 aliphatic rings. The molecule has 2 heteroatoms. The molecular formula is C26H20NSi. The zero-order valence-corrected chi connectivity index (χ0v) is 16.5. The average molecular weight is 375 g/mol. The summed E-state index contributed by atoms with van der Waals surface area (Å²) in [6, 6.07) is 37.8. The second kappa shape index (κ2) is 8.55. The molecule has 4 aromatic rings. The third-order valence-electron chi connectivity index (χ3n) is 4.56. The summed E-state index contributed by atoms with van der Waals surface area (Å²) in [4.78, 5) is 2.27. The first kappa shape index (κ1) is 18.0. The van der Waals surface area contributed by atoms with Crippen LogP contribution < -0.4 is 10.1 Å². The summed E-state index contributed by atoms with van der Waals surface area (Å²) in [5.41, 5.74) is 5.78. The lowest BCUT2D eigenvalue weighted by Crippen LogP contribution is -2.09. The van der Waals surface area contributed by atoms with Gasteiger partial charge in [-0.2, -0.15) is 0 Å². The van der Waals surface area contributed by atoms with E-state index in [9.17, 15) is 0 Å². The molecule has 0 bridgehead atoms. The van der Waals surface area contributed by atoms with Crippen LogP contribution in [0, 0.1) is 0 Å². The molecule has 0 saturated heterocycles. The topological polar surface area (TPSA) is 3.24 Å². The minimum absolute atomic E-state index is 1.09. The van der Waals surface area contributed by atoms with Gasteiger partial charge in [0.15, 0.2) is 0 Å². The summed E-state index contributed by atoms with van der Waals surface area (Å²) in [6.07, 6.45) is 4.27. The zero-order valence-electron chi connectivity index (χ0n) is 15.5. The van der Waals surface area contributed by atoms with Crippen molar-refractivity contribution >= 4 is 44.6 Å². The first-order valence-electron chi connectivity index (χ1n) is 9.30. The van der Waals surface area contributed by atoms with E-state index in [4.69, 9.17) is 0 Å². The second-order valence-corrected chi connectivity index (χ2v) is 7.13. The monoisotopic (exact) mass is 374 g/mol. The molecule has 0 atom stereocenters. The summed E-state index contributed by atoms with van der Waals surface area (Å²) in [6.45, 7) is 0. The van der Waals surface area contributed by atoms with Gasteiger partial charge in [-0.1, -0.05) is 90.1 Å². The lowest BCUT2D eigenvalue weighted by atomic mass is 10.1.